The zero-order chi connectivity index (χ0) is 29.7. The van der Waals surface area contributed by atoms with Crippen molar-refractivity contribution in [3.8, 4) is 5.75 Å². The van der Waals surface area contributed by atoms with E-state index in [-0.39, 0.29) is 31.4 Å². The minimum absolute atomic E-state index is 0.00696. The maximum absolute atomic E-state index is 13.0. The number of primary amides is 2. The predicted octanol–water partition coefficient (Wildman–Crippen LogP) is -3.19. The number of carbonyl (C=O) groups is 7. The Hall–Kier alpha value is -4.73. The van der Waals surface area contributed by atoms with Gasteiger partial charge >= 0.3 is 11.9 Å². The maximum Gasteiger partial charge on any atom is 0.326 e. The molecule has 0 fully saturated rings. The van der Waals surface area contributed by atoms with Gasteiger partial charge in [0.2, 0.25) is 29.5 Å². The van der Waals surface area contributed by atoms with E-state index >= 15 is 0 Å². The average molecular weight is 553 g/mol. The average Bonchev–Trinajstić information content (AvgIpc) is 2.84. The molecule has 0 aromatic heterocycles. The van der Waals surface area contributed by atoms with E-state index in [1.54, 1.807) is 0 Å². The Morgan fingerprint density at radius 3 is 1.56 bits per heavy atom. The first-order valence-corrected chi connectivity index (χ1v) is 11.6. The zero-order valence-corrected chi connectivity index (χ0v) is 20.8. The molecule has 0 saturated carbocycles. The molecule has 0 radical (unpaired) electrons. The van der Waals surface area contributed by atoms with Crippen LogP contribution in [-0.2, 0) is 40.0 Å². The number of carbonyl (C=O) groups excluding carboxylic acids is 5. The summed E-state index contributed by atoms with van der Waals surface area (Å²) >= 11 is 0. The van der Waals surface area contributed by atoms with Gasteiger partial charge < -0.3 is 48.5 Å². The second-order valence-corrected chi connectivity index (χ2v) is 8.61. The lowest BCUT2D eigenvalue weighted by Crippen LogP contribution is -2.57. The van der Waals surface area contributed by atoms with Crippen molar-refractivity contribution < 1.29 is 48.9 Å². The Bertz CT molecular complexity index is 1080. The number of nitrogens with one attached hydrogen (secondary N) is 3. The Morgan fingerprint density at radius 1 is 0.718 bits per heavy atom. The minimum Gasteiger partial charge on any atom is -0.508 e. The molecule has 0 saturated heterocycles. The van der Waals surface area contributed by atoms with Crippen LogP contribution in [0, 0.1) is 0 Å². The van der Waals surface area contributed by atoms with Gasteiger partial charge in [0, 0.05) is 12.8 Å². The molecule has 12 N–H and O–H groups in total. The number of carboxylic acids is 2. The molecule has 39 heavy (non-hydrogen) atoms. The molecule has 4 atom stereocenters. The molecule has 1 aromatic carbocycles. The van der Waals surface area contributed by atoms with Crippen molar-refractivity contribution in [1.29, 1.82) is 0 Å². The molecule has 0 aliphatic rings. The fourth-order valence-corrected chi connectivity index (χ4v) is 3.29. The first-order chi connectivity index (χ1) is 18.2. The summed E-state index contributed by atoms with van der Waals surface area (Å²) in [5.41, 5.74) is 16.8. The summed E-state index contributed by atoms with van der Waals surface area (Å²) in [7, 11) is 0. The Morgan fingerprint density at radius 2 is 1.15 bits per heavy atom. The lowest BCUT2D eigenvalue weighted by atomic mass is 10.0. The van der Waals surface area contributed by atoms with E-state index in [0.717, 1.165) is 0 Å². The number of amides is 5. The third-order valence-electron chi connectivity index (χ3n) is 5.35. The summed E-state index contributed by atoms with van der Waals surface area (Å²) < 4.78 is 0. The van der Waals surface area contributed by atoms with E-state index in [1.165, 1.54) is 24.3 Å². The zero-order valence-electron chi connectivity index (χ0n) is 20.8. The molecule has 16 nitrogen and oxygen atoms in total. The van der Waals surface area contributed by atoms with Crippen LogP contribution in [-0.4, -0.2) is 81.0 Å². The first-order valence-electron chi connectivity index (χ1n) is 11.6. The molecule has 0 aliphatic carbocycles. The van der Waals surface area contributed by atoms with Gasteiger partial charge in [-0.1, -0.05) is 12.1 Å². The summed E-state index contributed by atoms with van der Waals surface area (Å²) in [6.45, 7) is 0. The van der Waals surface area contributed by atoms with Crippen LogP contribution >= 0.6 is 0 Å². The fraction of sp³-hybridized carbons (Fsp3) is 0.435. The van der Waals surface area contributed by atoms with Crippen LogP contribution in [0.15, 0.2) is 24.3 Å². The van der Waals surface area contributed by atoms with Gasteiger partial charge in [-0.2, -0.15) is 0 Å². The van der Waals surface area contributed by atoms with Crippen molar-refractivity contribution in [2.24, 2.45) is 17.2 Å². The summed E-state index contributed by atoms with van der Waals surface area (Å²) in [5.74, 6) is -7.71. The van der Waals surface area contributed by atoms with Crippen molar-refractivity contribution in [2.75, 3.05) is 0 Å². The van der Waals surface area contributed by atoms with Gasteiger partial charge in [-0.3, -0.25) is 28.8 Å². The summed E-state index contributed by atoms with van der Waals surface area (Å²) in [6, 6.07) is -0.107. The van der Waals surface area contributed by atoms with Crippen LogP contribution in [0.2, 0.25) is 0 Å². The van der Waals surface area contributed by atoms with Crippen LogP contribution in [0.5, 0.6) is 5.75 Å². The van der Waals surface area contributed by atoms with E-state index in [2.05, 4.69) is 10.6 Å². The van der Waals surface area contributed by atoms with Gasteiger partial charge in [-0.05, 0) is 37.0 Å². The third-order valence-corrected chi connectivity index (χ3v) is 5.35. The predicted molar refractivity (Wildman–Crippen MR) is 132 cm³/mol. The van der Waals surface area contributed by atoms with Crippen LogP contribution in [0.4, 0.5) is 0 Å². The standard InChI is InChI=1S/C23H32N6O10/c24-13(9-11-1-3-12(30)4-2-11)20(35)27-14(5-7-17(25)31)21(36)28-15(6-8-18(26)32)22(37)29-16(23(38)39)10-19(33)34/h1-4,13-16,30H,5-10,24H2,(H2,25,31)(H2,26,32)(H,27,35)(H,28,36)(H,29,37)(H,33,34)(H,38,39). The Balaban J connectivity index is 3.04. The van der Waals surface area contributed by atoms with Gasteiger partial charge in [-0.25, -0.2) is 4.79 Å². The number of hydrogen-bond donors (Lipinski definition) is 9. The number of phenolic OH excluding ortho intramolecular Hbond substituents is 1. The van der Waals surface area contributed by atoms with E-state index < -0.39 is 78.5 Å². The number of rotatable bonds is 17. The number of aromatic hydroxyl groups is 1. The SMILES string of the molecule is NC(=O)CCC(NC(=O)C(N)Cc1ccc(O)cc1)C(=O)NC(CCC(N)=O)C(=O)NC(CC(=O)O)C(=O)O. The van der Waals surface area contributed by atoms with Crippen molar-refractivity contribution in [3.05, 3.63) is 29.8 Å². The number of phenols is 1. The summed E-state index contributed by atoms with van der Waals surface area (Å²) in [5, 5.41) is 34.0. The maximum atomic E-state index is 13.0. The van der Waals surface area contributed by atoms with Crippen molar-refractivity contribution in [2.45, 2.75) is 62.7 Å². The van der Waals surface area contributed by atoms with Crippen LogP contribution in [0.3, 0.4) is 0 Å². The second kappa shape index (κ2) is 15.5. The number of carboxylic acid groups (broad SMARTS) is 2. The first kappa shape index (κ1) is 32.3. The van der Waals surface area contributed by atoms with Crippen molar-refractivity contribution in [1.82, 2.24) is 16.0 Å². The normalized spacial score (nSPS) is 13.7. The molecule has 0 heterocycles. The van der Waals surface area contributed by atoms with Gasteiger partial charge in [-0.15, -0.1) is 0 Å². The van der Waals surface area contributed by atoms with Crippen molar-refractivity contribution >= 4 is 41.5 Å². The molecule has 16 heteroatoms. The third kappa shape index (κ3) is 12.4. The highest BCUT2D eigenvalue weighted by molar-refractivity contribution is 5.95. The van der Waals surface area contributed by atoms with Crippen LogP contribution in [0.1, 0.15) is 37.7 Å². The van der Waals surface area contributed by atoms with E-state index in [0.29, 0.717) is 5.56 Å². The fourth-order valence-electron chi connectivity index (χ4n) is 3.29. The quantitative estimate of drug-likeness (QED) is 0.0927. The molecule has 5 amide bonds. The van der Waals surface area contributed by atoms with Gasteiger partial charge in [0.1, 0.15) is 23.9 Å². The lowest BCUT2D eigenvalue weighted by Gasteiger charge is -2.25. The molecule has 1 aromatic rings. The van der Waals surface area contributed by atoms with Crippen LogP contribution < -0.4 is 33.2 Å². The number of benzene rings is 1. The highest BCUT2D eigenvalue weighted by Gasteiger charge is 2.31. The number of hydrogen-bond acceptors (Lipinski definition) is 9. The number of aliphatic carboxylic acids is 2. The highest BCUT2D eigenvalue weighted by Crippen LogP contribution is 2.11. The molecule has 1 rings (SSSR count). The molecule has 0 bridgehead atoms. The summed E-state index contributed by atoms with van der Waals surface area (Å²) in [4.78, 5) is 83.2. The highest BCUT2D eigenvalue weighted by atomic mass is 16.4. The molecule has 214 valence electrons. The van der Waals surface area contributed by atoms with E-state index in [4.69, 9.17) is 22.3 Å². The smallest absolute Gasteiger partial charge is 0.326 e. The van der Waals surface area contributed by atoms with E-state index in [1.807, 2.05) is 5.32 Å². The van der Waals surface area contributed by atoms with Crippen LogP contribution in [0.25, 0.3) is 0 Å². The minimum atomic E-state index is -1.84. The second-order valence-electron chi connectivity index (χ2n) is 8.61. The van der Waals surface area contributed by atoms with Gasteiger partial charge in [0.15, 0.2) is 0 Å². The Labute approximate surface area is 222 Å². The summed E-state index contributed by atoms with van der Waals surface area (Å²) in [6.07, 6.45) is -2.37. The molecular formula is C23H32N6O10. The Kier molecular flexibility index (Phi) is 12.8. The molecule has 0 spiro atoms. The molecule has 0 aliphatic heterocycles. The molecule has 4 unspecified atom stereocenters. The van der Waals surface area contributed by atoms with Gasteiger partial charge in [0.25, 0.3) is 0 Å². The lowest BCUT2D eigenvalue weighted by molar-refractivity contribution is -0.147. The number of nitrogens with two attached hydrogens (primary N) is 3. The largest absolute Gasteiger partial charge is 0.508 e. The molecular weight excluding hydrogens is 520 g/mol. The van der Waals surface area contributed by atoms with Gasteiger partial charge in [0.05, 0.1) is 12.5 Å². The van der Waals surface area contributed by atoms with E-state index in [9.17, 15) is 43.8 Å². The van der Waals surface area contributed by atoms with Crippen molar-refractivity contribution in [3.63, 3.8) is 0 Å². The topological polar surface area (TPSA) is 294 Å². The monoisotopic (exact) mass is 552 g/mol.